The van der Waals surface area contributed by atoms with Gasteiger partial charge in [-0.25, -0.2) is 8.42 Å². The first-order valence-corrected chi connectivity index (χ1v) is 7.99. The van der Waals surface area contributed by atoms with Crippen molar-refractivity contribution in [2.75, 3.05) is 25.4 Å². The van der Waals surface area contributed by atoms with E-state index in [9.17, 15) is 8.42 Å². The van der Waals surface area contributed by atoms with Gasteiger partial charge in [0.05, 0.1) is 11.8 Å². The number of rotatable bonds is 3. The molecular weight excluding hydrogens is 307 g/mol. The number of nitrogens with one attached hydrogen (secondary N) is 1. The summed E-state index contributed by atoms with van der Waals surface area (Å²) in [5, 5.41) is 3.86. The van der Waals surface area contributed by atoms with Crippen molar-refractivity contribution in [1.82, 2.24) is 9.62 Å². The van der Waals surface area contributed by atoms with Crippen LogP contribution in [0, 0.1) is 0 Å². The second-order valence-electron chi connectivity index (χ2n) is 4.29. The first-order valence-electron chi connectivity index (χ1n) is 6.00. The molecule has 1 atom stereocenters. The van der Waals surface area contributed by atoms with Crippen molar-refractivity contribution in [3.8, 4) is 0 Å². The zero-order valence-electron chi connectivity index (χ0n) is 10.7. The Morgan fingerprint density at radius 1 is 1.47 bits per heavy atom. The molecule has 0 bridgehead atoms. The Hall–Kier alpha value is -0.330. The van der Waals surface area contributed by atoms with E-state index in [-0.39, 0.29) is 24.2 Å². The van der Waals surface area contributed by atoms with Crippen molar-refractivity contribution in [2.45, 2.75) is 13.0 Å². The Bertz CT molecular complexity index is 522. The summed E-state index contributed by atoms with van der Waals surface area (Å²) in [6.45, 7) is 3.50. The molecule has 1 aromatic rings. The molecule has 1 heterocycles. The Morgan fingerprint density at radius 3 is 2.84 bits per heavy atom. The summed E-state index contributed by atoms with van der Waals surface area (Å²) in [5.74, 6) is 0.129. The fourth-order valence-corrected chi connectivity index (χ4v) is 3.67. The number of halogens is 2. The monoisotopic (exact) mass is 324 g/mol. The van der Waals surface area contributed by atoms with Crippen molar-refractivity contribution in [3.63, 3.8) is 0 Å². The van der Waals surface area contributed by atoms with E-state index in [0.29, 0.717) is 24.7 Å². The maximum Gasteiger partial charge on any atom is 0.214 e. The largest absolute Gasteiger partial charge is 0.313 e. The standard InChI is InChI=1S/C12H17ClN2O2S.ClH/c1-2-18(16,17)15-7-6-14-9-12(15)10-4-3-5-11(13)8-10;/h3-5,8,12,14H,2,6-7,9H2,1H3;1H. The average molecular weight is 325 g/mol. The van der Waals surface area contributed by atoms with Crippen LogP contribution in [0.15, 0.2) is 24.3 Å². The lowest BCUT2D eigenvalue weighted by atomic mass is 10.1. The van der Waals surface area contributed by atoms with Crippen LogP contribution in [0.2, 0.25) is 5.02 Å². The molecule has 0 spiro atoms. The van der Waals surface area contributed by atoms with Crippen LogP contribution < -0.4 is 5.32 Å². The van der Waals surface area contributed by atoms with Gasteiger partial charge in [0.15, 0.2) is 0 Å². The SMILES string of the molecule is CCS(=O)(=O)N1CCNCC1c1cccc(Cl)c1.Cl. The zero-order valence-corrected chi connectivity index (χ0v) is 13.1. The highest BCUT2D eigenvalue weighted by Crippen LogP contribution is 2.27. The highest BCUT2D eigenvalue weighted by molar-refractivity contribution is 7.89. The van der Waals surface area contributed by atoms with Gasteiger partial charge in [-0.2, -0.15) is 4.31 Å². The van der Waals surface area contributed by atoms with Gasteiger partial charge in [-0.05, 0) is 24.6 Å². The van der Waals surface area contributed by atoms with Crippen LogP contribution in [0.4, 0.5) is 0 Å². The Morgan fingerprint density at radius 2 is 2.21 bits per heavy atom. The van der Waals surface area contributed by atoms with Crippen molar-refractivity contribution in [2.24, 2.45) is 0 Å². The first-order chi connectivity index (χ1) is 8.54. The van der Waals surface area contributed by atoms with Gasteiger partial charge in [0.2, 0.25) is 10.0 Å². The van der Waals surface area contributed by atoms with Gasteiger partial charge >= 0.3 is 0 Å². The minimum Gasteiger partial charge on any atom is -0.313 e. The molecule has 7 heteroatoms. The highest BCUT2D eigenvalue weighted by atomic mass is 35.5. The molecule has 4 nitrogen and oxygen atoms in total. The molecule has 108 valence electrons. The molecule has 1 aromatic carbocycles. The van der Waals surface area contributed by atoms with Gasteiger partial charge < -0.3 is 5.32 Å². The van der Waals surface area contributed by atoms with Gasteiger partial charge in [-0.1, -0.05) is 23.7 Å². The molecule has 1 N–H and O–H groups in total. The summed E-state index contributed by atoms with van der Waals surface area (Å²) in [7, 11) is -3.18. The van der Waals surface area contributed by atoms with E-state index in [1.165, 1.54) is 0 Å². The van der Waals surface area contributed by atoms with Gasteiger partial charge in [-0.15, -0.1) is 12.4 Å². The number of benzene rings is 1. The summed E-state index contributed by atoms with van der Waals surface area (Å²) < 4.78 is 25.8. The van der Waals surface area contributed by atoms with E-state index >= 15 is 0 Å². The number of sulfonamides is 1. The van der Waals surface area contributed by atoms with Gasteiger partial charge in [0.25, 0.3) is 0 Å². The van der Waals surface area contributed by atoms with E-state index in [2.05, 4.69) is 5.32 Å². The lowest BCUT2D eigenvalue weighted by molar-refractivity contribution is 0.272. The second kappa shape index (κ2) is 6.90. The Kier molecular flexibility index (Phi) is 6.08. The van der Waals surface area contributed by atoms with Crippen LogP contribution in [0.25, 0.3) is 0 Å². The molecule has 19 heavy (non-hydrogen) atoms. The maximum absolute atomic E-state index is 12.1. The van der Waals surface area contributed by atoms with Crippen LogP contribution in [0.1, 0.15) is 18.5 Å². The predicted molar refractivity (Wildman–Crippen MR) is 80.5 cm³/mol. The summed E-state index contributed by atoms with van der Waals surface area (Å²) in [4.78, 5) is 0. The normalized spacial score (nSPS) is 20.8. The zero-order chi connectivity index (χ0) is 13.2. The highest BCUT2D eigenvalue weighted by Gasteiger charge is 2.31. The third-order valence-electron chi connectivity index (χ3n) is 3.15. The molecular formula is C12H18Cl2N2O2S. The Labute approximate surface area is 125 Å². The van der Waals surface area contributed by atoms with E-state index in [1.54, 1.807) is 17.3 Å². The van der Waals surface area contributed by atoms with Crippen molar-refractivity contribution in [1.29, 1.82) is 0 Å². The lowest BCUT2D eigenvalue weighted by Crippen LogP contribution is -2.49. The molecule has 0 saturated carbocycles. The molecule has 0 aliphatic carbocycles. The van der Waals surface area contributed by atoms with E-state index < -0.39 is 10.0 Å². The lowest BCUT2D eigenvalue weighted by Gasteiger charge is -2.35. The van der Waals surface area contributed by atoms with E-state index in [4.69, 9.17) is 11.6 Å². The first kappa shape index (κ1) is 16.7. The molecule has 0 radical (unpaired) electrons. The maximum atomic E-state index is 12.1. The number of nitrogens with zero attached hydrogens (tertiary/aromatic N) is 1. The minimum absolute atomic E-state index is 0. The van der Waals surface area contributed by atoms with Crippen LogP contribution in [-0.2, 0) is 10.0 Å². The third-order valence-corrected chi connectivity index (χ3v) is 5.27. The topological polar surface area (TPSA) is 49.4 Å². The van der Waals surface area contributed by atoms with Gasteiger partial charge in [0, 0.05) is 24.7 Å². The second-order valence-corrected chi connectivity index (χ2v) is 6.93. The van der Waals surface area contributed by atoms with E-state index in [1.807, 2.05) is 18.2 Å². The van der Waals surface area contributed by atoms with Crippen LogP contribution in [0.5, 0.6) is 0 Å². The number of hydrogen-bond donors (Lipinski definition) is 1. The smallest absolute Gasteiger partial charge is 0.214 e. The summed E-state index contributed by atoms with van der Waals surface area (Å²) >= 11 is 5.97. The molecule has 0 aromatic heterocycles. The minimum atomic E-state index is -3.18. The molecule has 1 saturated heterocycles. The fraction of sp³-hybridized carbons (Fsp3) is 0.500. The van der Waals surface area contributed by atoms with Crippen LogP contribution >= 0.6 is 24.0 Å². The molecule has 2 rings (SSSR count). The van der Waals surface area contributed by atoms with Gasteiger partial charge in [0.1, 0.15) is 0 Å². The number of piperazine rings is 1. The molecule has 1 aliphatic heterocycles. The average Bonchev–Trinajstić information content (AvgIpc) is 2.39. The van der Waals surface area contributed by atoms with Gasteiger partial charge in [-0.3, -0.25) is 0 Å². The third kappa shape index (κ3) is 3.83. The van der Waals surface area contributed by atoms with Crippen molar-refractivity contribution >= 4 is 34.0 Å². The molecule has 1 aliphatic rings. The number of hydrogen-bond acceptors (Lipinski definition) is 3. The van der Waals surface area contributed by atoms with Crippen LogP contribution in [-0.4, -0.2) is 38.1 Å². The summed E-state index contributed by atoms with van der Waals surface area (Å²) in [6.07, 6.45) is 0. The molecule has 1 unspecified atom stereocenters. The molecule has 0 amide bonds. The summed E-state index contributed by atoms with van der Waals surface area (Å²) in [5.41, 5.74) is 0.937. The molecule has 1 fully saturated rings. The quantitative estimate of drug-likeness (QED) is 0.925. The summed E-state index contributed by atoms with van der Waals surface area (Å²) in [6, 6.07) is 7.23. The van der Waals surface area contributed by atoms with E-state index in [0.717, 1.165) is 5.56 Å². The fourth-order valence-electron chi connectivity index (χ4n) is 2.18. The van der Waals surface area contributed by atoms with Crippen molar-refractivity contribution in [3.05, 3.63) is 34.9 Å². The van der Waals surface area contributed by atoms with Crippen LogP contribution in [0.3, 0.4) is 0 Å². The Balaban J connectivity index is 0.00000180. The predicted octanol–water partition coefficient (Wildman–Crippen LogP) is 2.06. The van der Waals surface area contributed by atoms with Crippen molar-refractivity contribution < 1.29 is 8.42 Å².